The van der Waals surface area contributed by atoms with Gasteiger partial charge in [0.05, 0.1) is 6.33 Å². The summed E-state index contributed by atoms with van der Waals surface area (Å²) in [7, 11) is 0. The predicted octanol–water partition coefficient (Wildman–Crippen LogP) is 2.87. The van der Waals surface area contributed by atoms with E-state index in [4.69, 9.17) is 0 Å². The zero-order valence-corrected chi connectivity index (χ0v) is 8.49. The van der Waals surface area contributed by atoms with Crippen LogP contribution in [0, 0.1) is 6.92 Å². The smallest absolute Gasteiger partial charge is 0.0921 e. The second-order valence-corrected chi connectivity index (χ2v) is 3.59. The first-order chi connectivity index (χ1) is 6.79. The Kier molecular flexibility index (Phi) is 2.35. The van der Waals surface area contributed by atoms with Gasteiger partial charge in [-0.15, -0.1) is 0 Å². The van der Waals surface area contributed by atoms with Crippen molar-refractivity contribution in [2.75, 3.05) is 0 Å². The molecule has 2 heteroatoms. The molecule has 1 atom stereocenters. The maximum Gasteiger partial charge on any atom is 0.0921 e. The Labute approximate surface area is 84.0 Å². The lowest BCUT2D eigenvalue weighted by molar-refractivity contribution is 0.873. The molecule has 0 aliphatic carbocycles. The lowest BCUT2D eigenvalue weighted by atomic mass is 9.94. The van der Waals surface area contributed by atoms with Crippen LogP contribution in [0.2, 0.25) is 0 Å². The molecule has 0 spiro atoms. The van der Waals surface area contributed by atoms with Gasteiger partial charge >= 0.3 is 0 Å². The molecule has 0 radical (unpaired) electrons. The molecule has 0 amide bonds. The highest BCUT2D eigenvalue weighted by Gasteiger charge is 2.10. The van der Waals surface area contributed by atoms with E-state index >= 15 is 0 Å². The van der Waals surface area contributed by atoms with Gasteiger partial charge in [0.2, 0.25) is 0 Å². The van der Waals surface area contributed by atoms with Crippen molar-refractivity contribution in [1.29, 1.82) is 0 Å². The van der Waals surface area contributed by atoms with Crippen LogP contribution in [-0.2, 0) is 0 Å². The third kappa shape index (κ3) is 1.55. The number of hydrogen-bond donors (Lipinski definition) is 1. The number of aromatic nitrogens is 2. The van der Waals surface area contributed by atoms with Crippen molar-refractivity contribution in [3.63, 3.8) is 0 Å². The van der Waals surface area contributed by atoms with E-state index in [1.165, 1.54) is 16.8 Å². The van der Waals surface area contributed by atoms with Crippen LogP contribution in [0.25, 0.3) is 0 Å². The van der Waals surface area contributed by atoms with E-state index < -0.39 is 0 Å². The molecule has 0 saturated carbocycles. The highest BCUT2D eigenvalue weighted by molar-refractivity contribution is 5.33. The van der Waals surface area contributed by atoms with Gasteiger partial charge in [-0.3, -0.25) is 0 Å². The molecule has 0 unspecified atom stereocenters. The summed E-state index contributed by atoms with van der Waals surface area (Å²) in [4.78, 5) is 7.19. The topological polar surface area (TPSA) is 28.7 Å². The Morgan fingerprint density at radius 3 is 2.71 bits per heavy atom. The number of aromatic amines is 1. The van der Waals surface area contributed by atoms with Gasteiger partial charge in [0.15, 0.2) is 0 Å². The summed E-state index contributed by atoms with van der Waals surface area (Å²) in [5.74, 6) is 0.388. The van der Waals surface area contributed by atoms with Crippen molar-refractivity contribution in [3.8, 4) is 0 Å². The third-order valence-electron chi connectivity index (χ3n) is 2.64. The number of aryl methyl sites for hydroxylation is 1. The van der Waals surface area contributed by atoms with E-state index in [0.29, 0.717) is 5.92 Å². The second kappa shape index (κ2) is 3.66. The number of rotatable bonds is 2. The van der Waals surface area contributed by atoms with E-state index in [9.17, 15) is 0 Å². The van der Waals surface area contributed by atoms with E-state index in [1.54, 1.807) is 6.33 Å². The second-order valence-electron chi connectivity index (χ2n) is 3.59. The molecule has 0 fully saturated rings. The van der Waals surface area contributed by atoms with Gasteiger partial charge < -0.3 is 4.98 Å². The van der Waals surface area contributed by atoms with Crippen molar-refractivity contribution in [1.82, 2.24) is 9.97 Å². The summed E-state index contributed by atoms with van der Waals surface area (Å²) >= 11 is 0. The van der Waals surface area contributed by atoms with Crippen LogP contribution in [0.1, 0.15) is 29.7 Å². The summed E-state index contributed by atoms with van der Waals surface area (Å²) in [5, 5.41) is 0. The Hall–Kier alpha value is -1.57. The minimum atomic E-state index is 0.388. The summed E-state index contributed by atoms with van der Waals surface area (Å²) in [6, 6.07) is 8.46. The zero-order chi connectivity index (χ0) is 9.97. The van der Waals surface area contributed by atoms with Crippen LogP contribution >= 0.6 is 0 Å². The third-order valence-corrected chi connectivity index (χ3v) is 2.64. The van der Waals surface area contributed by atoms with E-state index in [1.807, 2.05) is 6.20 Å². The fraction of sp³-hybridized carbons (Fsp3) is 0.250. The number of H-pyrrole nitrogens is 1. The van der Waals surface area contributed by atoms with Gasteiger partial charge in [0.25, 0.3) is 0 Å². The Morgan fingerprint density at radius 1 is 1.29 bits per heavy atom. The number of nitrogens with one attached hydrogen (secondary N) is 1. The van der Waals surface area contributed by atoms with Crippen LogP contribution in [0.15, 0.2) is 36.8 Å². The number of hydrogen-bond acceptors (Lipinski definition) is 1. The van der Waals surface area contributed by atoms with Crippen LogP contribution in [0.5, 0.6) is 0 Å². The summed E-state index contributed by atoms with van der Waals surface area (Å²) < 4.78 is 0. The average molecular weight is 186 g/mol. The molecular weight excluding hydrogens is 172 g/mol. The first kappa shape index (κ1) is 9.00. The van der Waals surface area contributed by atoms with Crippen molar-refractivity contribution in [2.24, 2.45) is 0 Å². The predicted molar refractivity (Wildman–Crippen MR) is 57.3 cm³/mol. The van der Waals surface area contributed by atoms with Gasteiger partial charge in [0, 0.05) is 17.8 Å². The van der Waals surface area contributed by atoms with Gasteiger partial charge in [-0.25, -0.2) is 4.98 Å². The maximum atomic E-state index is 4.04. The molecule has 0 aliphatic rings. The van der Waals surface area contributed by atoms with E-state index in [0.717, 1.165) is 0 Å². The van der Waals surface area contributed by atoms with Gasteiger partial charge in [0.1, 0.15) is 0 Å². The van der Waals surface area contributed by atoms with Crippen molar-refractivity contribution in [2.45, 2.75) is 19.8 Å². The Morgan fingerprint density at radius 2 is 2.07 bits per heavy atom. The molecule has 1 aromatic carbocycles. The van der Waals surface area contributed by atoms with E-state index in [2.05, 4.69) is 48.1 Å². The first-order valence-electron chi connectivity index (χ1n) is 4.83. The lowest BCUT2D eigenvalue weighted by Gasteiger charge is -2.12. The largest absolute Gasteiger partial charge is 0.348 e. The summed E-state index contributed by atoms with van der Waals surface area (Å²) in [6.45, 7) is 4.33. The van der Waals surface area contributed by atoms with E-state index in [-0.39, 0.29) is 0 Å². The fourth-order valence-electron chi connectivity index (χ4n) is 1.74. The average Bonchev–Trinajstić information content (AvgIpc) is 2.70. The summed E-state index contributed by atoms with van der Waals surface area (Å²) in [6.07, 6.45) is 3.61. The van der Waals surface area contributed by atoms with Crippen LogP contribution in [0.4, 0.5) is 0 Å². The minimum Gasteiger partial charge on any atom is -0.348 e. The molecule has 2 rings (SSSR count). The van der Waals surface area contributed by atoms with Crippen molar-refractivity contribution >= 4 is 0 Å². The molecule has 1 aromatic heterocycles. The van der Waals surface area contributed by atoms with Crippen molar-refractivity contribution < 1.29 is 0 Å². The molecule has 0 saturated heterocycles. The fourth-order valence-corrected chi connectivity index (χ4v) is 1.74. The molecule has 2 nitrogen and oxygen atoms in total. The molecule has 2 aromatic rings. The first-order valence-corrected chi connectivity index (χ1v) is 4.83. The molecule has 14 heavy (non-hydrogen) atoms. The quantitative estimate of drug-likeness (QED) is 0.767. The van der Waals surface area contributed by atoms with Gasteiger partial charge in [-0.2, -0.15) is 0 Å². The monoisotopic (exact) mass is 186 g/mol. The van der Waals surface area contributed by atoms with Crippen LogP contribution in [-0.4, -0.2) is 9.97 Å². The molecule has 1 N–H and O–H groups in total. The van der Waals surface area contributed by atoms with Crippen LogP contribution < -0.4 is 0 Å². The lowest BCUT2D eigenvalue weighted by Crippen LogP contribution is -1.98. The number of benzene rings is 1. The number of nitrogens with zero attached hydrogens (tertiary/aromatic N) is 1. The Balaban J connectivity index is 2.37. The Bertz CT molecular complexity index is 404. The molecule has 72 valence electrons. The summed E-state index contributed by atoms with van der Waals surface area (Å²) in [5.41, 5.74) is 3.85. The molecular formula is C12H14N2. The highest BCUT2D eigenvalue weighted by Crippen LogP contribution is 2.24. The maximum absolute atomic E-state index is 4.04. The SMILES string of the molecule is Cc1ccccc1[C@H](C)c1cnc[nH]1. The normalized spacial score (nSPS) is 12.7. The standard InChI is InChI=1S/C12H14N2/c1-9-5-3-4-6-11(9)10(2)12-7-13-8-14-12/h3-8,10H,1-2H3,(H,13,14)/t10-/m0/s1. The molecule has 1 heterocycles. The number of imidazole rings is 1. The minimum absolute atomic E-state index is 0.388. The molecule has 0 bridgehead atoms. The van der Waals surface area contributed by atoms with Gasteiger partial charge in [-0.1, -0.05) is 31.2 Å². The molecule has 0 aliphatic heterocycles. The highest BCUT2D eigenvalue weighted by atomic mass is 14.9. The van der Waals surface area contributed by atoms with Crippen molar-refractivity contribution in [3.05, 3.63) is 53.6 Å². The van der Waals surface area contributed by atoms with Gasteiger partial charge in [-0.05, 0) is 18.1 Å². The zero-order valence-electron chi connectivity index (χ0n) is 8.49. The van der Waals surface area contributed by atoms with Crippen LogP contribution in [0.3, 0.4) is 0 Å².